The van der Waals surface area contributed by atoms with E-state index in [0.29, 0.717) is 12.2 Å². The van der Waals surface area contributed by atoms with Gasteiger partial charge in [-0.2, -0.15) is 0 Å². The Morgan fingerprint density at radius 2 is 1.29 bits per heavy atom. The summed E-state index contributed by atoms with van der Waals surface area (Å²) in [5, 5.41) is 0. The summed E-state index contributed by atoms with van der Waals surface area (Å²) >= 11 is 0. The molecule has 2 aliphatic heterocycles. The van der Waals surface area contributed by atoms with E-state index in [0.717, 1.165) is 39.3 Å². The Balaban J connectivity index is 0.000000140. The minimum Gasteiger partial charge on any atom is -0.379 e. The number of rotatable bonds is 2. The van der Waals surface area contributed by atoms with Gasteiger partial charge >= 0.3 is 0 Å². The second-order valence-electron chi connectivity index (χ2n) is 3.44. The van der Waals surface area contributed by atoms with Crippen molar-refractivity contribution in [2.45, 2.75) is 25.0 Å². The Kier molecular flexibility index (Phi) is 6.10. The van der Waals surface area contributed by atoms with Crippen LogP contribution in [-0.4, -0.2) is 52.9 Å². The van der Waals surface area contributed by atoms with Crippen LogP contribution in [0.1, 0.15) is 12.8 Å². The van der Waals surface area contributed by atoms with Gasteiger partial charge in [0.1, 0.15) is 0 Å². The van der Waals surface area contributed by atoms with Crippen LogP contribution in [0.15, 0.2) is 0 Å². The number of hydrogen-bond acceptors (Lipinski definition) is 4. The van der Waals surface area contributed by atoms with E-state index in [-0.39, 0.29) is 0 Å². The van der Waals surface area contributed by atoms with Gasteiger partial charge in [0.15, 0.2) is 0 Å². The van der Waals surface area contributed by atoms with Gasteiger partial charge in [0, 0.05) is 27.4 Å². The van der Waals surface area contributed by atoms with Gasteiger partial charge in [-0.25, -0.2) is 0 Å². The van der Waals surface area contributed by atoms with Crippen molar-refractivity contribution < 1.29 is 18.9 Å². The van der Waals surface area contributed by atoms with Crippen molar-refractivity contribution in [1.29, 1.82) is 0 Å². The van der Waals surface area contributed by atoms with E-state index in [4.69, 9.17) is 18.9 Å². The van der Waals surface area contributed by atoms with E-state index in [1.54, 1.807) is 14.2 Å². The molecule has 0 saturated carbocycles. The maximum absolute atomic E-state index is 5.02. The SMILES string of the molecule is CO[C@@H]1CCOC1.CO[C@H]1CCOC1. The van der Waals surface area contributed by atoms with Crippen LogP contribution in [0.5, 0.6) is 0 Å². The predicted molar refractivity (Wildman–Crippen MR) is 52.5 cm³/mol. The molecule has 14 heavy (non-hydrogen) atoms. The molecule has 0 aromatic carbocycles. The Morgan fingerprint density at radius 3 is 1.43 bits per heavy atom. The molecule has 0 aromatic heterocycles. The van der Waals surface area contributed by atoms with E-state index in [1.807, 2.05) is 0 Å². The van der Waals surface area contributed by atoms with Crippen LogP contribution in [0.4, 0.5) is 0 Å². The van der Waals surface area contributed by atoms with Crippen LogP contribution in [-0.2, 0) is 18.9 Å². The van der Waals surface area contributed by atoms with Crippen molar-refractivity contribution in [1.82, 2.24) is 0 Å². The molecule has 0 amide bonds. The molecule has 2 heterocycles. The third-order valence-corrected chi connectivity index (χ3v) is 2.44. The van der Waals surface area contributed by atoms with E-state index in [1.165, 1.54) is 0 Å². The summed E-state index contributed by atoms with van der Waals surface area (Å²) in [6.07, 6.45) is 2.88. The summed E-state index contributed by atoms with van der Waals surface area (Å²) in [6, 6.07) is 0. The number of methoxy groups -OCH3 is 2. The fourth-order valence-electron chi connectivity index (χ4n) is 1.40. The molecule has 0 spiro atoms. The first-order valence-electron chi connectivity index (χ1n) is 5.08. The van der Waals surface area contributed by atoms with Crippen molar-refractivity contribution in [2.24, 2.45) is 0 Å². The van der Waals surface area contributed by atoms with Gasteiger partial charge < -0.3 is 18.9 Å². The molecule has 4 nitrogen and oxygen atoms in total. The molecule has 2 fully saturated rings. The lowest BCUT2D eigenvalue weighted by molar-refractivity contribution is 0.0822. The highest BCUT2D eigenvalue weighted by molar-refractivity contribution is 4.61. The van der Waals surface area contributed by atoms with Gasteiger partial charge in [0.05, 0.1) is 25.4 Å². The second-order valence-corrected chi connectivity index (χ2v) is 3.44. The molecule has 0 N–H and O–H groups in total. The molecular weight excluding hydrogens is 184 g/mol. The first-order valence-corrected chi connectivity index (χ1v) is 5.08. The second kappa shape index (κ2) is 7.17. The van der Waals surface area contributed by atoms with E-state index < -0.39 is 0 Å². The van der Waals surface area contributed by atoms with Crippen molar-refractivity contribution in [3.63, 3.8) is 0 Å². The summed E-state index contributed by atoms with van der Waals surface area (Å²) in [5.74, 6) is 0. The summed E-state index contributed by atoms with van der Waals surface area (Å²) in [5.41, 5.74) is 0. The summed E-state index contributed by atoms with van der Waals surface area (Å²) in [6.45, 7) is 3.32. The van der Waals surface area contributed by atoms with Crippen molar-refractivity contribution in [3.8, 4) is 0 Å². The van der Waals surface area contributed by atoms with Crippen LogP contribution in [0, 0.1) is 0 Å². The molecule has 0 radical (unpaired) electrons. The molecule has 2 rings (SSSR count). The van der Waals surface area contributed by atoms with Crippen LogP contribution in [0.3, 0.4) is 0 Å². The van der Waals surface area contributed by atoms with Crippen molar-refractivity contribution in [2.75, 3.05) is 40.6 Å². The Morgan fingerprint density at radius 1 is 0.857 bits per heavy atom. The lowest BCUT2D eigenvalue weighted by Crippen LogP contribution is -2.07. The van der Waals surface area contributed by atoms with Crippen molar-refractivity contribution in [3.05, 3.63) is 0 Å². The Bertz CT molecular complexity index is 112. The van der Waals surface area contributed by atoms with Crippen LogP contribution in [0.2, 0.25) is 0 Å². The molecule has 2 saturated heterocycles. The number of hydrogen-bond donors (Lipinski definition) is 0. The monoisotopic (exact) mass is 204 g/mol. The van der Waals surface area contributed by atoms with E-state index in [9.17, 15) is 0 Å². The van der Waals surface area contributed by atoms with Gasteiger partial charge in [0.25, 0.3) is 0 Å². The van der Waals surface area contributed by atoms with E-state index in [2.05, 4.69) is 0 Å². The average molecular weight is 204 g/mol. The molecule has 2 atom stereocenters. The zero-order valence-corrected chi connectivity index (χ0v) is 9.03. The lowest BCUT2D eigenvalue weighted by Gasteiger charge is -2.00. The third-order valence-electron chi connectivity index (χ3n) is 2.44. The minimum atomic E-state index is 0.375. The zero-order chi connectivity index (χ0) is 10.2. The standard InChI is InChI=1S/2C5H10O2/c2*1-6-5-2-3-7-4-5/h2*5H,2-4H2,1H3/t2*5-/m10/s1. The normalized spacial score (nSPS) is 31.3. The summed E-state index contributed by atoms with van der Waals surface area (Å²) < 4.78 is 20.0. The maximum atomic E-state index is 5.02. The average Bonchev–Trinajstić information content (AvgIpc) is 2.92. The quantitative estimate of drug-likeness (QED) is 0.668. The summed E-state index contributed by atoms with van der Waals surface area (Å²) in [7, 11) is 3.44. The van der Waals surface area contributed by atoms with Gasteiger partial charge in [-0.1, -0.05) is 0 Å². The highest BCUT2D eigenvalue weighted by atomic mass is 16.5. The smallest absolute Gasteiger partial charge is 0.0826 e. The first kappa shape index (κ1) is 11.9. The molecule has 0 bridgehead atoms. The van der Waals surface area contributed by atoms with Gasteiger partial charge in [-0.3, -0.25) is 0 Å². The predicted octanol–water partition coefficient (Wildman–Crippen LogP) is 0.843. The molecule has 84 valence electrons. The van der Waals surface area contributed by atoms with Gasteiger partial charge in [-0.05, 0) is 12.8 Å². The van der Waals surface area contributed by atoms with Crippen LogP contribution >= 0.6 is 0 Å². The number of ether oxygens (including phenoxy) is 4. The fourth-order valence-corrected chi connectivity index (χ4v) is 1.40. The minimum absolute atomic E-state index is 0.375. The fraction of sp³-hybridized carbons (Fsp3) is 1.00. The van der Waals surface area contributed by atoms with Crippen LogP contribution in [0.25, 0.3) is 0 Å². The first-order chi connectivity index (χ1) is 6.86. The van der Waals surface area contributed by atoms with Gasteiger partial charge in [0.2, 0.25) is 0 Å². The highest BCUT2D eigenvalue weighted by Crippen LogP contribution is 2.05. The molecular formula is C10H20O4. The third kappa shape index (κ3) is 4.37. The molecule has 4 heteroatoms. The molecule has 0 aromatic rings. The maximum Gasteiger partial charge on any atom is 0.0826 e. The lowest BCUT2D eigenvalue weighted by atomic mass is 10.3. The van der Waals surface area contributed by atoms with Crippen molar-refractivity contribution >= 4 is 0 Å². The van der Waals surface area contributed by atoms with E-state index >= 15 is 0 Å². The zero-order valence-electron chi connectivity index (χ0n) is 9.03. The highest BCUT2D eigenvalue weighted by Gasteiger charge is 2.13. The Labute approximate surface area is 85.5 Å². The Hall–Kier alpha value is -0.160. The molecule has 0 aliphatic carbocycles. The van der Waals surface area contributed by atoms with Gasteiger partial charge in [-0.15, -0.1) is 0 Å². The molecule has 0 unspecified atom stereocenters. The largest absolute Gasteiger partial charge is 0.379 e. The summed E-state index contributed by atoms with van der Waals surface area (Å²) in [4.78, 5) is 0. The van der Waals surface area contributed by atoms with Crippen LogP contribution < -0.4 is 0 Å². The molecule has 2 aliphatic rings. The topological polar surface area (TPSA) is 36.9 Å².